The van der Waals surface area contributed by atoms with Crippen molar-refractivity contribution in [3.8, 4) is 5.75 Å². The molecular weight excluding hydrogens is 458 g/mol. The Hall–Kier alpha value is -3.53. The minimum atomic E-state index is -1.21. The molecule has 0 saturated heterocycles. The van der Waals surface area contributed by atoms with Crippen molar-refractivity contribution in [1.82, 2.24) is 10.2 Å². The van der Waals surface area contributed by atoms with Gasteiger partial charge in [0.1, 0.15) is 29.1 Å². The molecule has 4 rings (SSSR count). The highest BCUT2D eigenvalue weighted by molar-refractivity contribution is 5.99. The molecule has 2 aromatic carbocycles. The second-order valence-electron chi connectivity index (χ2n) is 10.1. The monoisotopic (exact) mass is 486 g/mol. The van der Waals surface area contributed by atoms with Gasteiger partial charge >= 0.3 is 0 Å². The van der Waals surface area contributed by atoms with E-state index in [0.717, 1.165) is 6.07 Å². The molecule has 0 spiro atoms. The van der Waals surface area contributed by atoms with Gasteiger partial charge < -0.3 is 20.9 Å². The van der Waals surface area contributed by atoms with Crippen LogP contribution in [0.5, 0.6) is 5.75 Å². The van der Waals surface area contributed by atoms with Crippen molar-refractivity contribution in [2.45, 2.75) is 63.9 Å². The van der Waals surface area contributed by atoms with E-state index in [4.69, 9.17) is 10.5 Å². The van der Waals surface area contributed by atoms with Gasteiger partial charge in [0.05, 0.1) is 24.5 Å². The molecular formula is C25H28F2N4O4. The molecule has 2 atom stereocenters. The summed E-state index contributed by atoms with van der Waals surface area (Å²) in [4.78, 5) is 31.2. The Morgan fingerprint density at radius 3 is 2.60 bits per heavy atom. The van der Waals surface area contributed by atoms with Crippen LogP contribution in [0.2, 0.25) is 0 Å². The molecule has 0 unspecified atom stereocenters. The number of halogens is 2. The van der Waals surface area contributed by atoms with Crippen LogP contribution < -0.4 is 15.8 Å². The van der Waals surface area contributed by atoms with Crippen molar-refractivity contribution in [3.05, 3.63) is 64.7 Å². The number of hydrogen-bond donors (Lipinski definition) is 3. The number of fused-ring (bicyclic) bond motifs is 1. The average molecular weight is 487 g/mol. The quantitative estimate of drug-likeness (QED) is 0.615. The number of nitrogens with zero attached hydrogens (tertiary/aromatic N) is 2. The molecule has 0 bridgehead atoms. The molecule has 0 saturated carbocycles. The smallest absolute Gasteiger partial charge is 0.251 e. The largest absolute Gasteiger partial charge is 0.485 e. The lowest BCUT2D eigenvalue weighted by molar-refractivity contribution is -0.129. The minimum absolute atomic E-state index is 0.0210. The molecule has 0 radical (unpaired) electrons. The van der Waals surface area contributed by atoms with Crippen LogP contribution in [-0.2, 0) is 11.3 Å². The SMILES string of the molecule is CC1(C)CC(=O)N(Cc2cc(F)cc(C(=O)N[C@@H]3c4cc(F)ccc4OC(C)(C)[C@H]3O)c2)C(N)=N1. The first-order valence-corrected chi connectivity index (χ1v) is 11.2. The molecule has 2 aliphatic heterocycles. The van der Waals surface area contributed by atoms with Gasteiger partial charge in [-0.15, -0.1) is 0 Å². The number of ether oxygens (including phenoxy) is 1. The predicted molar refractivity (Wildman–Crippen MR) is 125 cm³/mol. The second-order valence-corrected chi connectivity index (χ2v) is 10.1. The average Bonchev–Trinajstić information content (AvgIpc) is 2.73. The molecule has 2 heterocycles. The Morgan fingerprint density at radius 2 is 1.91 bits per heavy atom. The first-order chi connectivity index (χ1) is 16.3. The van der Waals surface area contributed by atoms with Crippen molar-refractivity contribution in [3.63, 3.8) is 0 Å². The number of carbonyl (C=O) groups is 2. The Morgan fingerprint density at radius 1 is 1.20 bits per heavy atom. The molecule has 2 aliphatic rings. The molecule has 0 fully saturated rings. The van der Waals surface area contributed by atoms with Crippen LogP contribution in [0.3, 0.4) is 0 Å². The van der Waals surface area contributed by atoms with E-state index in [1.165, 1.54) is 35.2 Å². The Kier molecular flexibility index (Phi) is 6.04. The lowest BCUT2D eigenvalue weighted by atomic mass is 9.86. The Labute approximate surface area is 201 Å². The summed E-state index contributed by atoms with van der Waals surface area (Å²) < 4.78 is 34.2. The molecule has 2 amide bonds. The van der Waals surface area contributed by atoms with Crippen LogP contribution in [0.25, 0.3) is 0 Å². The summed E-state index contributed by atoms with van der Waals surface area (Å²) in [6.07, 6.45) is -1.07. The molecule has 10 heteroatoms. The molecule has 2 aromatic rings. The lowest BCUT2D eigenvalue weighted by Gasteiger charge is -2.42. The fourth-order valence-corrected chi connectivity index (χ4v) is 4.38. The minimum Gasteiger partial charge on any atom is -0.485 e. The van der Waals surface area contributed by atoms with Gasteiger partial charge in [-0.25, -0.2) is 13.8 Å². The topological polar surface area (TPSA) is 117 Å². The number of hydrogen-bond acceptors (Lipinski definition) is 6. The number of aliphatic hydroxyl groups is 1. The van der Waals surface area contributed by atoms with Crippen molar-refractivity contribution in [2.24, 2.45) is 10.7 Å². The van der Waals surface area contributed by atoms with E-state index in [1.807, 2.05) is 0 Å². The summed E-state index contributed by atoms with van der Waals surface area (Å²) in [5, 5.41) is 13.5. The number of carbonyl (C=O) groups excluding carboxylic acids is 2. The molecule has 35 heavy (non-hydrogen) atoms. The van der Waals surface area contributed by atoms with Gasteiger partial charge in [0.15, 0.2) is 5.96 Å². The summed E-state index contributed by atoms with van der Waals surface area (Å²) in [6, 6.07) is 6.51. The van der Waals surface area contributed by atoms with E-state index < -0.39 is 40.8 Å². The maximum absolute atomic E-state index is 14.5. The van der Waals surface area contributed by atoms with E-state index in [2.05, 4.69) is 10.3 Å². The van der Waals surface area contributed by atoms with Crippen LogP contribution in [0, 0.1) is 11.6 Å². The van der Waals surface area contributed by atoms with Crippen LogP contribution in [-0.4, -0.2) is 45.0 Å². The van der Waals surface area contributed by atoms with Crippen LogP contribution >= 0.6 is 0 Å². The van der Waals surface area contributed by atoms with E-state index in [1.54, 1.807) is 27.7 Å². The molecule has 0 aliphatic carbocycles. The fraction of sp³-hybridized carbons (Fsp3) is 0.400. The maximum Gasteiger partial charge on any atom is 0.251 e. The highest BCUT2D eigenvalue weighted by Gasteiger charge is 2.44. The summed E-state index contributed by atoms with van der Waals surface area (Å²) in [6.45, 7) is 6.80. The van der Waals surface area contributed by atoms with E-state index in [0.29, 0.717) is 11.3 Å². The number of benzene rings is 2. The normalized spacial score (nSPS) is 22.7. The Balaban J connectivity index is 1.61. The van der Waals surface area contributed by atoms with Gasteiger partial charge in [0, 0.05) is 11.1 Å². The standard InChI is InChI=1S/C25H28F2N4O4/c1-24(2)11-19(32)31(23(28)30-24)12-13-7-14(9-16(27)8-13)22(34)29-20-17-10-15(26)5-6-18(17)35-25(3,4)21(20)33/h5-10,20-21,33H,11-12H2,1-4H3,(H2,28,30)(H,29,34)/t20-,21+/m1/s1. The summed E-state index contributed by atoms with van der Waals surface area (Å²) in [7, 11) is 0. The van der Waals surface area contributed by atoms with E-state index in [-0.39, 0.29) is 36.0 Å². The zero-order chi connectivity index (χ0) is 25.7. The third kappa shape index (κ3) is 4.97. The van der Waals surface area contributed by atoms with Gasteiger partial charge in [-0.05, 0) is 69.7 Å². The van der Waals surface area contributed by atoms with E-state index in [9.17, 15) is 23.5 Å². The first kappa shape index (κ1) is 24.6. The molecule has 8 nitrogen and oxygen atoms in total. The lowest BCUT2D eigenvalue weighted by Crippen LogP contribution is -2.53. The molecule has 186 valence electrons. The van der Waals surface area contributed by atoms with Crippen molar-refractivity contribution in [1.29, 1.82) is 0 Å². The van der Waals surface area contributed by atoms with Gasteiger partial charge in [-0.2, -0.15) is 0 Å². The summed E-state index contributed by atoms with van der Waals surface area (Å²) in [5.74, 6) is -1.84. The van der Waals surface area contributed by atoms with Gasteiger partial charge in [0.2, 0.25) is 5.91 Å². The van der Waals surface area contributed by atoms with E-state index >= 15 is 0 Å². The number of rotatable bonds is 4. The van der Waals surface area contributed by atoms with Gasteiger partial charge in [0.25, 0.3) is 5.91 Å². The van der Waals surface area contributed by atoms with Crippen molar-refractivity contribution < 1.29 is 28.2 Å². The third-order valence-electron chi connectivity index (χ3n) is 6.13. The second kappa shape index (κ2) is 8.60. The highest BCUT2D eigenvalue weighted by Crippen LogP contribution is 2.40. The zero-order valence-corrected chi connectivity index (χ0v) is 19.9. The number of guanidine groups is 1. The Bertz CT molecular complexity index is 1230. The zero-order valence-electron chi connectivity index (χ0n) is 19.9. The third-order valence-corrected chi connectivity index (χ3v) is 6.13. The first-order valence-electron chi connectivity index (χ1n) is 11.2. The summed E-state index contributed by atoms with van der Waals surface area (Å²) >= 11 is 0. The van der Waals surface area contributed by atoms with Crippen molar-refractivity contribution >= 4 is 17.8 Å². The number of aliphatic imine (C=N–C) groups is 1. The van der Waals surface area contributed by atoms with Crippen LogP contribution in [0.1, 0.15) is 61.6 Å². The highest BCUT2D eigenvalue weighted by atomic mass is 19.1. The number of amides is 2. The van der Waals surface area contributed by atoms with Crippen LogP contribution in [0.4, 0.5) is 8.78 Å². The predicted octanol–water partition coefficient (Wildman–Crippen LogP) is 2.79. The number of nitrogens with two attached hydrogens (primary N) is 1. The maximum atomic E-state index is 14.5. The van der Waals surface area contributed by atoms with Gasteiger partial charge in [-0.1, -0.05) is 0 Å². The molecule has 0 aromatic heterocycles. The van der Waals surface area contributed by atoms with Crippen molar-refractivity contribution in [2.75, 3.05) is 0 Å². The summed E-state index contributed by atoms with van der Waals surface area (Å²) in [5.41, 5.74) is 4.83. The fourth-order valence-electron chi connectivity index (χ4n) is 4.38. The molecule has 4 N–H and O–H groups in total. The van der Waals surface area contributed by atoms with Gasteiger partial charge in [-0.3, -0.25) is 14.5 Å². The number of aliphatic hydroxyl groups excluding tert-OH is 1. The number of nitrogens with one attached hydrogen (secondary N) is 1. The van der Waals surface area contributed by atoms with Crippen LogP contribution in [0.15, 0.2) is 41.4 Å².